The lowest BCUT2D eigenvalue weighted by molar-refractivity contribution is 0.0842. The number of benzene rings is 1. The molecule has 1 aliphatic rings. The first-order chi connectivity index (χ1) is 12.6. The summed E-state index contributed by atoms with van der Waals surface area (Å²) < 4.78 is 23.5. The Morgan fingerprint density at radius 1 is 1.23 bits per heavy atom. The molecule has 0 aliphatic carbocycles. The van der Waals surface area contributed by atoms with Gasteiger partial charge in [0.25, 0.3) is 0 Å². The van der Waals surface area contributed by atoms with Crippen LogP contribution in [-0.4, -0.2) is 22.0 Å². The number of nitrogens with zero attached hydrogens (tertiary/aromatic N) is 3. The van der Waals surface area contributed by atoms with Gasteiger partial charge in [-0.2, -0.15) is 4.37 Å². The second-order valence-corrected chi connectivity index (χ2v) is 6.96. The maximum Gasteiger partial charge on any atom is 0.415 e. The van der Waals surface area contributed by atoms with Gasteiger partial charge in [0.05, 0.1) is 10.7 Å². The monoisotopic (exact) mass is 389 g/mol. The van der Waals surface area contributed by atoms with Crippen LogP contribution in [-0.2, 0) is 4.74 Å². The SMILES string of the molecule is O=C1OC(c2ccc(Cl)c(F)c2)CCN1c1cc(-c2ccncc2)ns1. The number of carbonyl (C=O) groups excluding carboxylic acids is 1. The number of cyclic esters (lactones) is 1. The van der Waals surface area contributed by atoms with Crippen LogP contribution in [0.3, 0.4) is 0 Å². The van der Waals surface area contributed by atoms with Crippen LogP contribution in [0.2, 0.25) is 5.02 Å². The van der Waals surface area contributed by atoms with Gasteiger partial charge in [-0.1, -0.05) is 17.7 Å². The third kappa shape index (κ3) is 3.27. The van der Waals surface area contributed by atoms with E-state index in [9.17, 15) is 9.18 Å². The normalized spacial score (nSPS) is 17.2. The topological polar surface area (TPSA) is 55.3 Å². The van der Waals surface area contributed by atoms with Crippen LogP contribution in [0.5, 0.6) is 0 Å². The first kappa shape index (κ1) is 16.9. The highest BCUT2D eigenvalue weighted by molar-refractivity contribution is 7.10. The molecule has 0 N–H and O–H groups in total. The Morgan fingerprint density at radius 2 is 2.04 bits per heavy atom. The molecule has 0 saturated carbocycles. The smallest absolute Gasteiger partial charge is 0.415 e. The summed E-state index contributed by atoms with van der Waals surface area (Å²) in [5.41, 5.74) is 2.31. The zero-order chi connectivity index (χ0) is 18.1. The van der Waals surface area contributed by atoms with E-state index in [1.54, 1.807) is 23.4 Å². The number of carbonyl (C=O) groups is 1. The van der Waals surface area contributed by atoms with Gasteiger partial charge in [-0.3, -0.25) is 9.88 Å². The summed E-state index contributed by atoms with van der Waals surface area (Å²) in [6, 6.07) is 10.0. The molecule has 1 amide bonds. The summed E-state index contributed by atoms with van der Waals surface area (Å²) in [5, 5.41) is 0.758. The molecule has 1 saturated heterocycles. The molecule has 8 heteroatoms. The molecule has 0 radical (unpaired) electrons. The van der Waals surface area contributed by atoms with Crippen molar-refractivity contribution in [2.75, 3.05) is 11.4 Å². The Hall–Kier alpha value is -2.51. The minimum Gasteiger partial charge on any atom is -0.441 e. The fourth-order valence-electron chi connectivity index (χ4n) is 2.78. The zero-order valence-corrected chi connectivity index (χ0v) is 15.0. The van der Waals surface area contributed by atoms with Crippen molar-refractivity contribution in [3.63, 3.8) is 0 Å². The van der Waals surface area contributed by atoms with Gasteiger partial charge in [-0.15, -0.1) is 0 Å². The summed E-state index contributed by atoms with van der Waals surface area (Å²) in [6.07, 6.45) is 2.98. The molecule has 1 fully saturated rings. The fourth-order valence-corrected chi connectivity index (χ4v) is 3.68. The van der Waals surface area contributed by atoms with Gasteiger partial charge in [-0.05, 0) is 41.4 Å². The number of ether oxygens (including phenoxy) is 1. The van der Waals surface area contributed by atoms with Crippen molar-refractivity contribution >= 4 is 34.2 Å². The van der Waals surface area contributed by atoms with Crippen LogP contribution in [0.25, 0.3) is 11.3 Å². The molecule has 3 heterocycles. The zero-order valence-electron chi connectivity index (χ0n) is 13.4. The van der Waals surface area contributed by atoms with E-state index in [1.807, 2.05) is 18.2 Å². The van der Waals surface area contributed by atoms with Crippen LogP contribution >= 0.6 is 23.1 Å². The largest absolute Gasteiger partial charge is 0.441 e. The molecule has 1 aliphatic heterocycles. The number of hydrogen-bond donors (Lipinski definition) is 0. The fraction of sp³-hybridized carbons (Fsp3) is 0.167. The minimum atomic E-state index is -0.521. The van der Waals surface area contributed by atoms with E-state index in [2.05, 4.69) is 9.36 Å². The molecule has 1 aromatic carbocycles. The van der Waals surface area contributed by atoms with Gasteiger partial charge >= 0.3 is 6.09 Å². The van der Waals surface area contributed by atoms with E-state index in [1.165, 1.54) is 23.7 Å². The minimum absolute atomic E-state index is 0.0470. The second-order valence-electron chi connectivity index (χ2n) is 5.77. The first-order valence-corrected chi connectivity index (χ1v) is 9.07. The molecule has 0 bridgehead atoms. The molecule has 1 unspecified atom stereocenters. The van der Waals surface area contributed by atoms with Crippen molar-refractivity contribution in [1.82, 2.24) is 9.36 Å². The Labute approximate surface area is 158 Å². The standard InChI is InChI=1S/C18H13ClFN3O2S/c19-13-2-1-12(9-14(13)20)16-5-8-23(18(24)25-16)17-10-15(22-26-17)11-3-6-21-7-4-11/h1-4,6-7,9-10,16H,5,8H2. The highest BCUT2D eigenvalue weighted by Gasteiger charge is 2.30. The van der Waals surface area contributed by atoms with Gasteiger partial charge in [0.1, 0.15) is 16.9 Å². The van der Waals surface area contributed by atoms with Gasteiger partial charge in [0.15, 0.2) is 0 Å². The quantitative estimate of drug-likeness (QED) is 0.626. The molecule has 132 valence electrons. The summed E-state index contributed by atoms with van der Waals surface area (Å²) in [5.74, 6) is -0.521. The maximum atomic E-state index is 13.6. The summed E-state index contributed by atoms with van der Waals surface area (Å²) in [6.45, 7) is 0.464. The molecule has 0 spiro atoms. The lowest BCUT2D eigenvalue weighted by Crippen LogP contribution is -2.38. The molecular weight excluding hydrogens is 377 g/mol. The van der Waals surface area contributed by atoms with Crippen LogP contribution in [0, 0.1) is 5.82 Å². The molecule has 26 heavy (non-hydrogen) atoms. The van der Waals surface area contributed by atoms with E-state index in [0.717, 1.165) is 11.3 Å². The van der Waals surface area contributed by atoms with Crippen molar-refractivity contribution in [2.24, 2.45) is 0 Å². The Morgan fingerprint density at radius 3 is 2.77 bits per heavy atom. The summed E-state index contributed by atoms with van der Waals surface area (Å²) in [7, 11) is 0. The van der Waals surface area contributed by atoms with Crippen LogP contribution in [0.4, 0.5) is 14.2 Å². The lowest BCUT2D eigenvalue weighted by Gasteiger charge is -2.30. The highest BCUT2D eigenvalue weighted by Crippen LogP contribution is 2.34. The number of anilines is 1. The molecule has 3 aromatic rings. The number of pyridine rings is 1. The van der Waals surface area contributed by atoms with Gasteiger partial charge < -0.3 is 4.74 Å². The predicted molar refractivity (Wildman–Crippen MR) is 97.9 cm³/mol. The molecule has 4 rings (SSSR count). The van der Waals surface area contributed by atoms with Crippen LogP contribution in [0.15, 0.2) is 48.8 Å². The lowest BCUT2D eigenvalue weighted by atomic mass is 10.1. The van der Waals surface area contributed by atoms with E-state index in [-0.39, 0.29) is 5.02 Å². The average molecular weight is 390 g/mol. The van der Waals surface area contributed by atoms with E-state index >= 15 is 0 Å². The third-order valence-electron chi connectivity index (χ3n) is 4.13. The Balaban J connectivity index is 1.50. The Bertz CT molecular complexity index is 951. The summed E-state index contributed by atoms with van der Waals surface area (Å²) >= 11 is 6.94. The van der Waals surface area contributed by atoms with E-state index in [0.29, 0.717) is 23.5 Å². The van der Waals surface area contributed by atoms with E-state index in [4.69, 9.17) is 16.3 Å². The van der Waals surface area contributed by atoms with Crippen molar-refractivity contribution < 1.29 is 13.9 Å². The number of amides is 1. The van der Waals surface area contributed by atoms with Gasteiger partial charge in [0.2, 0.25) is 0 Å². The molecule has 5 nitrogen and oxygen atoms in total. The van der Waals surface area contributed by atoms with Crippen molar-refractivity contribution in [1.29, 1.82) is 0 Å². The van der Waals surface area contributed by atoms with Crippen molar-refractivity contribution in [3.8, 4) is 11.3 Å². The van der Waals surface area contributed by atoms with Crippen LogP contribution < -0.4 is 4.90 Å². The van der Waals surface area contributed by atoms with Gasteiger partial charge in [-0.25, -0.2) is 9.18 Å². The highest BCUT2D eigenvalue weighted by atomic mass is 35.5. The first-order valence-electron chi connectivity index (χ1n) is 7.92. The Kier molecular flexibility index (Phi) is 4.57. The van der Waals surface area contributed by atoms with Crippen LogP contribution in [0.1, 0.15) is 18.1 Å². The number of rotatable bonds is 3. The molecule has 1 atom stereocenters. The number of halogens is 2. The second kappa shape index (κ2) is 7.01. The predicted octanol–water partition coefficient (Wildman–Crippen LogP) is 5.09. The average Bonchev–Trinajstić information content (AvgIpc) is 3.14. The number of aromatic nitrogens is 2. The molecule has 2 aromatic heterocycles. The van der Waals surface area contributed by atoms with Crippen molar-refractivity contribution in [2.45, 2.75) is 12.5 Å². The maximum absolute atomic E-state index is 13.6. The summed E-state index contributed by atoms with van der Waals surface area (Å²) in [4.78, 5) is 18.0. The number of hydrogen-bond acceptors (Lipinski definition) is 5. The molecular formula is C18H13ClFN3O2S. The van der Waals surface area contributed by atoms with Crippen molar-refractivity contribution in [3.05, 3.63) is 65.2 Å². The van der Waals surface area contributed by atoms with Gasteiger partial charge in [0, 0.05) is 37.0 Å². The third-order valence-corrected chi connectivity index (χ3v) is 5.25. The van der Waals surface area contributed by atoms with E-state index < -0.39 is 18.0 Å².